The Morgan fingerprint density at radius 3 is 2.39 bits per heavy atom. The van der Waals surface area contributed by atoms with Crippen molar-refractivity contribution in [3.8, 4) is 0 Å². The van der Waals surface area contributed by atoms with Gasteiger partial charge < -0.3 is 0 Å². The third-order valence-corrected chi connectivity index (χ3v) is 7.13. The van der Waals surface area contributed by atoms with Crippen LogP contribution in [0.5, 0.6) is 0 Å². The molecule has 0 radical (unpaired) electrons. The van der Waals surface area contributed by atoms with E-state index >= 15 is 0 Å². The van der Waals surface area contributed by atoms with Gasteiger partial charge in [-0.1, -0.05) is 52.9 Å². The van der Waals surface area contributed by atoms with E-state index in [-0.39, 0.29) is 5.25 Å². The zero-order valence-corrected chi connectivity index (χ0v) is 13.7. The molecule has 0 N–H and O–H groups in total. The molecule has 1 rings (SSSR count). The summed E-state index contributed by atoms with van der Waals surface area (Å²) in [6.07, 6.45) is 8.44. The van der Waals surface area contributed by atoms with E-state index in [9.17, 15) is 4.79 Å². The zero-order valence-electron chi connectivity index (χ0n) is 12.1. The van der Waals surface area contributed by atoms with Gasteiger partial charge in [0, 0.05) is 22.7 Å². The lowest BCUT2D eigenvalue weighted by Gasteiger charge is -2.30. The monoisotopic (exact) mass is 288 g/mol. The molecule has 0 aromatic heterocycles. The molecule has 3 atom stereocenters. The van der Waals surface area contributed by atoms with Gasteiger partial charge >= 0.3 is 0 Å². The Morgan fingerprint density at radius 2 is 1.72 bits per heavy atom. The smallest absolute Gasteiger partial charge is 0.146 e. The first-order valence-corrected chi connectivity index (χ1v) is 9.44. The second kappa shape index (κ2) is 9.30. The molecule has 0 aliphatic carbocycles. The van der Waals surface area contributed by atoms with Gasteiger partial charge in [0.2, 0.25) is 0 Å². The lowest BCUT2D eigenvalue weighted by molar-refractivity contribution is -0.118. The van der Waals surface area contributed by atoms with Crippen LogP contribution in [0.3, 0.4) is 0 Å². The van der Waals surface area contributed by atoms with Gasteiger partial charge in [0.15, 0.2) is 0 Å². The molecule has 0 amide bonds. The first kappa shape index (κ1) is 16.4. The van der Waals surface area contributed by atoms with E-state index in [1.807, 2.05) is 23.5 Å². The topological polar surface area (TPSA) is 17.1 Å². The molecular weight excluding hydrogens is 260 g/mol. The Bertz CT molecular complexity index is 243. The Labute approximate surface area is 121 Å². The highest BCUT2D eigenvalue weighted by atomic mass is 32.2. The zero-order chi connectivity index (χ0) is 13.4. The van der Waals surface area contributed by atoms with Crippen LogP contribution in [0, 0.1) is 0 Å². The molecule has 0 saturated carbocycles. The fraction of sp³-hybridized carbons (Fsp3) is 0.933. The van der Waals surface area contributed by atoms with Crippen LogP contribution in [0.1, 0.15) is 65.7 Å². The molecule has 0 bridgehead atoms. The van der Waals surface area contributed by atoms with Gasteiger partial charge in [0.25, 0.3) is 0 Å². The highest BCUT2D eigenvalue weighted by molar-refractivity contribution is 8.08. The summed E-state index contributed by atoms with van der Waals surface area (Å²) in [5, 5.41) is 1.60. The Hall–Kier alpha value is 0.370. The van der Waals surface area contributed by atoms with Crippen molar-refractivity contribution in [1.82, 2.24) is 0 Å². The van der Waals surface area contributed by atoms with Crippen LogP contribution < -0.4 is 0 Å². The normalized spacial score (nSPS) is 28.3. The Kier molecular flexibility index (Phi) is 8.49. The number of hydrogen-bond acceptors (Lipinski definition) is 3. The second-order valence-electron chi connectivity index (χ2n) is 5.35. The van der Waals surface area contributed by atoms with Crippen LogP contribution in [0.2, 0.25) is 0 Å². The van der Waals surface area contributed by atoms with E-state index in [0.717, 1.165) is 18.6 Å². The molecule has 106 valence electrons. The summed E-state index contributed by atoms with van der Waals surface area (Å²) < 4.78 is 0. The van der Waals surface area contributed by atoms with Crippen molar-refractivity contribution >= 4 is 29.3 Å². The first-order valence-electron chi connectivity index (χ1n) is 7.45. The second-order valence-corrected chi connectivity index (χ2v) is 8.35. The molecule has 1 aliphatic heterocycles. The summed E-state index contributed by atoms with van der Waals surface area (Å²) in [6, 6.07) is 0. The highest BCUT2D eigenvalue weighted by Gasteiger charge is 2.29. The Morgan fingerprint density at radius 1 is 1.06 bits per heavy atom. The summed E-state index contributed by atoms with van der Waals surface area (Å²) in [4.78, 5) is 12.1. The van der Waals surface area contributed by atoms with Crippen LogP contribution in [-0.4, -0.2) is 27.3 Å². The predicted molar refractivity (Wildman–Crippen MR) is 85.8 cm³/mol. The van der Waals surface area contributed by atoms with Crippen molar-refractivity contribution in [3.63, 3.8) is 0 Å². The Balaban J connectivity index is 2.09. The average Bonchev–Trinajstić information content (AvgIpc) is 2.36. The number of thioether (sulfide) groups is 2. The van der Waals surface area contributed by atoms with Gasteiger partial charge in [0.05, 0.1) is 5.25 Å². The summed E-state index contributed by atoms with van der Waals surface area (Å²) >= 11 is 3.88. The van der Waals surface area contributed by atoms with Gasteiger partial charge in [-0.25, -0.2) is 0 Å². The van der Waals surface area contributed by atoms with E-state index in [0.29, 0.717) is 16.3 Å². The SMILES string of the molecule is CCCCCCCCC(=O)C1CSC(C)C(C)S1. The van der Waals surface area contributed by atoms with Crippen molar-refractivity contribution in [3.05, 3.63) is 0 Å². The quantitative estimate of drug-likeness (QED) is 0.589. The standard InChI is InChI=1S/C15H28OS2/c1-4-5-6-7-8-9-10-14(16)15-11-17-12(2)13(3)18-15/h12-13,15H,4-11H2,1-3H3. The fourth-order valence-electron chi connectivity index (χ4n) is 2.19. The van der Waals surface area contributed by atoms with E-state index in [2.05, 4.69) is 20.8 Å². The molecule has 1 saturated heterocycles. The minimum absolute atomic E-state index is 0.275. The van der Waals surface area contributed by atoms with E-state index < -0.39 is 0 Å². The minimum atomic E-state index is 0.275. The number of carbonyl (C=O) groups excluding carboxylic acids is 1. The number of rotatable bonds is 8. The van der Waals surface area contributed by atoms with Gasteiger partial charge in [-0.3, -0.25) is 4.79 Å². The molecule has 1 heterocycles. The summed E-state index contributed by atoms with van der Waals surface area (Å²) in [7, 11) is 0. The molecule has 18 heavy (non-hydrogen) atoms. The number of hydrogen-bond donors (Lipinski definition) is 0. The maximum Gasteiger partial charge on any atom is 0.146 e. The van der Waals surface area contributed by atoms with Crippen molar-refractivity contribution in [2.75, 3.05) is 5.75 Å². The molecular formula is C15H28OS2. The van der Waals surface area contributed by atoms with Crippen molar-refractivity contribution in [1.29, 1.82) is 0 Å². The lowest BCUT2D eigenvalue weighted by atomic mass is 10.1. The van der Waals surface area contributed by atoms with Crippen molar-refractivity contribution < 1.29 is 4.79 Å². The van der Waals surface area contributed by atoms with Crippen molar-refractivity contribution in [2.45, 2.75) is 81.5 Å². The van der Waals surface area contributed by atoms with E-state index in [1.54, 1.807) is 0 Å². The number of unbranched alkanes of at least 4 members (excludes halogenated alkanes) is 5. The van der Waals surface area contributed by atoms with Crippen LogP contribution in [-0.2, 0) is 4.79 Å². The summed E-state index contributed by atoms with van der Waals surface area (Å²) in [5.74, 6) is 1.53. The van der Waals surface area contributed by atoms with Gasteiger partial charge in [-0.05, 0) is 6.42 Å². The molecule has 0 aromatic rings. The lowest BCUT2D eigenvalue weighted by Crippen LogP contribution is -2.31. The third kappa shape index (κ3) is 6.01. The predicted octanol–water partition coefficient (Wildman–Crippen LogP) is 4.93. The molecule has 1 aliphatic rings. The summed E-state index contributed by atoms with van der Waals surface area (Å²) in [5.41, 5.74) is 0. The van der Waals surface area contributed by atoms with Crippen LogP contribution >= 0.6 is 23.5 Å². The number of carbonyl (C=O) groups is 1. The highest BCUT2D eigenvalue weighted by Crippen LogP contribution is 2.36. The molecule has 0 spiro atoms. The molecule has 3 heteroatoms. The molecule has 0 aromatic carbocycles. The molecule has 1 nitrogen and oxygen atoms in total. The molecule has 3 unspecified atom stereocenters. The van der Waals surface area contributed by atoms with E-state index in [4.69, 9.17) is 0 Å². The maximum atomic E-state index is 12.1. The van der Waals surface area contributed by atoms with Crippen LogP contribution in [0.4, 0.5) is 0 Å². The van der Waals surface area contributed by atoms with Crippen molar-refractivity contribution in [2.24, 2.45) is 0 Å². The fourth-order valence-corrected chi connectivity index (χ4v) is 5.12. The minimum Gasteiger partial charge on any atom is -0.298 e. The number of ketones is 1. The molecule has 1 fully saturated rings. The first-order chi connectivity index (χ1) is 8.65. The number of Topliss-reactive ketones (excluding diaryl/α,β-unsaturated/α-hetero) is 1. The van der Waals surface area contributed by atoms with Gasteiger partial charge in [0.1, 0.15) is 5.78 Å². The van der Waals surface area contributed by atoms with E-state index in [1.165, 1.54) is 32.1 Å². The van der Waals surface area contributed by atoms with Gasteiger partial charge in [-0.15, -0.1) is 11.8 Å². The maximum absolute atomic E-state index is 12.1. The largest absolute Gasteiger partial charge is 0.298 e. The van der Waals surface area contributed by atoms with Crippen LogP contribution in [0.25, 0.3) is 0 Å². The average molecular weight is 289 g/mol. The van der Waals surface area contributed by atoms with Gasteiger partial charge in [-0.2, -0.15) is 11.8 Å². The third-order valence-electron chi connectivity index (χ3n) is 3.69. The van der Waals surface area contributed by atoms with Crippen LogP contribution in [0.15, 0.2) is 0 Å². The summed E-state index contributed by atoms with van der Waals surface area (Å²) in [6.45, 7) is 6.77.